The number of methoxy groups -OCH3 is 1. The monoisotopic (exact) mass is 510 g/mol. The number of rotatable bonds is 13. The minimum atomic E-state index is 0.279. The zero-order valence-electron chi connectivity index (χ0n) is 20.8. The number of nitrogens with one attached hydrogen (secondary N) is 1. The molecule has 1 aliphatic rings. The molecule has 192 valence electrons. The third-order valence-electron chi connectivity index (χ3n) is 6.14. The summed E-state index contributed by atoms with van der Waals surface area (Å²) in [6.45, 7) is 5.91. The molecule has 1 saturated heterocycles. The molecule has 1 N–H and O–H groups in total. The number of benzene rings is 3. The highest BCUT2D eigenvalue weighted by molar-refractivity contribution is 6.30. The van der Waals surface area contributed by atoms with Gasteiger partial charge in [0.15, 0.2) is 0 Å². The zero-order valence-corrected chi connectivity index (χ0v) is 21.6. The fraction of sp³-hybridized carbons (Fsp3) is 0.379. The summed E-state index contributed by atoms with van der Waals surface area (Å²) in [7, 11) is 1.68. The smallest absolute Gasteiger partial charge is 0.119 e. The van der Waals surface area contributed by atoms with Crippen LogP contribution in [0, 0.1) is 0 Å². The number of ether oxygens (including phenoxy) is 4. The maximum Gasteiger partial charge on any atom is 0.119 e. The van der Waals surface area contributed by atoms with Crippen LogP contribution in [0.5, 0.6) is 11.5 Å². The quantitative estimate of drug-likeness (QED) is 0.314. The van der Waals surface area contributed by atoms with Gasteiger partial charge in [0, 0.05) is 36.8 Å². The highest BCUT2D eigenvalue weighted by Gasteiger charge is 2.22. The Hall–Kier alpha value is -2.77. The van der Waals surface area contributed by atoms with Crippen molar-refractivity contribution in [2.24, 2.45) is 0 Å². The molecule has 3 aromatic rings. The molecule has 1 atom stereocenters. The van der Waals surface area contributed by atoms with E-state index < -0.39 is 0 Å². The summed E-state index contributed by atoms with van der Waals surface area (Å²) in [5.41, 5.74) is 3.45. The summed E-state index contributed by atoms with van der Waals surface area (Å²) >= 11 is 5.91. The Morgan fingerprint density at radius 1 is 0.833 bits per heavy atom. The van der Waals surface area contributed by atoms with Crippen molar-refractivity contribution >= 4 is 17.3 Å². The predicted octanol–water partition coefficient (Wildman–Crippen LogP) is 5.33. The summed E-state index contributed by atoms with van der Waals surface area (Å²) in [4.78, 5) is 2.42. The molecule has 0 amide bonds. The van der Waals surface area contributed by atoms with E-state index in [-0.39, 0.29) is 6.04 Å². The van der Waals surface area contributed by atoms with Gasteiger partial charge in [0.05, 0.1) is 46.2 Å². The Morgan fingerprint density at radius 3 is 2.22 bits per heavy atom. The van der Waals surface area contributed by atoms with Crippen LogP contribution in [0.2, 0.25) is 5.02 Å². The van der Waals surface area contributed by atoms with Crippen LogP contribution >= 0.6 is 11.6 Å². The molecule has 6 nitrogen and oxygen atoms in total. The minimum Gasteiger partial charge on any atom is -0.497 e. The molecule has 0 saturated carbocycles. The number of halogens is 1. The van der Waals surface area contributed by atoms with Gasteiger partial charge in [0.2, 0.25) is 0 Å². The molecule has 1 aliphatic heterocycles. The SMILES string of the molecule is COc1ccc(COC[C@H]2CNCCN2c2ccc(OCCCOCc3ccc(Cl)cc3)cc2)cc1. The first-order valence-corrected chi connectivity index (χ1v) is 12.8. The number of nitrogens with zero attached hydrogens (tertiary/aromatic N) is 1. The average Bonchev–Trinajstić information content (AvgIpc) is 2.93. The van der Waals surface area contributed by atoms with E-state index in [9.17, 15) is 0 Å². The minimum absolute atomic E-state index is 0.279. The van der Waals surface area contributed by atoms with Gasteiger partial charge in [-0.2, -0.15) is 0 Å². The van der Waals surface area contributed by atoms with Crippen LogP contribution in [-0.2, 0) is 22.7 Å². The van der Waals surface area contributed by atoms with Crippen LogP contribution in [0.1, 0.15) is 17.5 Å². The summed E-state index contributed by atoms with van der Waals surface area (Å²) < 4.78 is 22.9. The van der Waals surface area contributed by atoms with E-state index in [4.69, 9.17) is 30.5 Å². The maximum atomic E-state index is 6.06. The largest absolute Gasteiger partial charge is 0.497 e. The molecule has 0 aliphatic carbocycles. The summed E-state index contributed by atoms with van der Waals surface area (Å²) in [6, 6.07) is 24.4. The van der Waals surface area contributed by atoms with Gasteiger partial charge in [-0.25, -0.2) is 0 Å². The second-order valence-electron chi connectivity index (χ2n) is 8.79. The molecule has 4 rings (SSSR count). The molecule has 0 spiro atoms. The lowest BCUT2D eigenvalue weighted by molar-refractivity contribution is 0.102. The van der Waals surface area contributed by atoms with Gasteiger partial charge in [-0.05, 0) is 59.7 Å². The fourth-order valence-corrected chi connectivity index (χ4v) is 4.27. The highest BCUT2D eigenvalue weighted by atomic mass is 35.5. The molecular weight excluding hydrogens is 476 g/mol. The average molecular weight is 511 g/mol. The van der Waals surface area contributed by atoms with E-state index in [1.54, 1.807) is 7.11 Å². The van der Waals surface area contributed by atoms with Crippen molar-refractivity contribution in [3.8, 4) is 11.5 Å². The second-order valence-corrected chi connectivity index (χ2v) is 9.23. The molecule has 0 aromatic heterocycles. The van der Waals surface area contributed by atoms with Crippen molar-refractivity contribution < 1.29 is 18.9 Å². The molecule has 36 heavy (non-hydrogen) atoms. The first-order valence-electron chi connectivity index (χ1n) is 12.4. The Bertz CT molecular complexity index is 1030. The summed E-state index contributed by atoms with van der Waals surface area (Å²) in [6.07, 6.45) is 0.834. The third kappa shape index (κ3) is 8.14. The van der Waals surface area contributed by atoms with Gasteiger partial charge >= 0.3 is 0 Å². The van der Waals surface area contributed by atoms with Crippen molar-refractivity contribution in [1.82, 2.24) is 5.32 Å². The molecule has 0 bridgehead atoms. The molecule has 7 heteroatoms. The second kappa shape index (κ2) is 14.1. The molecule has 3 aromatic carbocycles. The Balaban J connectivity index is 1.17. The van der Waals surface area contributed by atoms with Crippen LogP contribution in [0.25, 0.3) is 0 Å². The maximum absolute atomic E-state index is 6.06. The Kier molecular flexibility index (Phi) is 10.3. The zero-order chi connectivity index (χ0) is 25.0. The first kappa shape index (κ1) is 26.3. The number of hydrogen-bond acceptors (Lipinski definition) is 6. The van der Waals surface area contributed by atoms with Gasteiger partial charge in [0.25, 0.3) is 0 Å². The number of piperazine rings is 1. The molecule has 0 radical (unpaired) electrons. The van der Waals surface area contributed by atoms with E-state index in [1.807, 2.05) is 60.7 Å². The standard InChI is InChI=1S/C29H35ClN2O4/c1-33-28-11-5-24(6-12-28)21-35-22-27-19-31-15-16-32(27)26-9-13-29(14-10-26)36-18-2-17-34-20-23-3-7-25(30)8-4-23/h3-14,27,31H,2,15-22H2,1H3/t27-/m1/s1. The van der Waals surface area contributed by atoms with Crippen LogP contribution in [0.15, 0.2) is 72.8 Å². The van der Waals surface area contributed by atoms with E-state index in [1.165, 1.54) is 5.69 Å². The lowest BCUT2D eigenvalue weighted by Gasteiger charge is -2.38. The summed E-state index contributed by atoms with van der Waals surface area (Å²) in [5, 5.41) is 4.23. The van der Waals surface area contributed by atoms with Crippen molar-refractivity contribution in [3.05, 3.63) is 88.9 Å². The van der Waals surface area contributed by atoms with E-state index in [2.05, 4.69) is 22.3 Å². The normalized spacial score (nSPS) is 15.6. The molecule has 1 fully saturated rings. The number of anilines is 1. The van der Waals surface area contributed by atoms with Crippen LogP contribution < -0.4 is 19.7 Å². The van der Waals surface area contributed by atoms with Gasteiger partial charge in [-0.3, -0.25) is 0 Å². The summed E-state index contributed by atoms with van der Waals surface area (Å²) in [5.74, 6) is 1.73. The van der Waals surface area contributed by atoms with Gasteiger partial charge < -0.3 is 29.2 Å². The first-order chi connectivity index (χ1) is 17.7. The number of hydrogen-bond donors (Lipinski definition) is 1. The van der Waals surface area contributed by atoms with Crippen molar-refractivity contribution in [2.75, 3.05) is 51.5 Å². The van der Waals surface area contributed by atoms with E-state index in [0.717, 1.165) is 53.7 Å². The van der Waals surface area contributed by atoms with Crippen LogP contribution in [0.3, 0.4) is 0 Å². The lowest BCUT2D eigenvalue weighted by atomic mass is 10.1. The van der Waals surface area contributed by atoms with Crippen molar-refractivity contribution in [2.45, 2.75) is 25.7 Å². The predicted molar refractivity (Wildman–Crippen MR) is 144 cm³/mol. The highest BCUT2D eigenvalue weighted by Crippen LogP contribution is 2.23. The molecule has 1 heterocycles. The van der Waals surface area contributed by atoms with E-state index >= 15 is 0 Å². The van der Waals surface area contributed by atoms with Crippen LogP contribution in [-0.4, -0.2) is 52.6 Å². The van der Waals surface area contributed by atoms with Crippen molar-refractivity contribution in [1.29, 1.82) is 0 Å². The van der Waals surface area contributed by atoms with Crippen molar-refractivity contribution in [3.63, 3.8) is 0 Å². The van der Waals surface area contributed by atoms with Crippen LogP contribution in [0.4, 0.5) is 5.69 Å². The lowest BCUT2D eigenvalue weighted by Crippen LogP contribution is -2.53. The molecule has 0 unspecified atom stereocenters. The topological polar surface area (TPSA) is 52.2 Å². The van der Waals surface area contributed by atoms with Gasteiger partial charge in [-0.1, -0.05) is 35.9 Å². The molecular formula is C29H35ClN2O4. The third-order valence-corrected chi connectivity index (χ3v) is 6.39. The van der Waals surface area contributed by atoms with Gasteiger partial charge in [0.1, 0.15) is 11.5 Å². The Labute approximate surface area is 219 Å². The van der Waals surface area contributed by atoms with E-state index in [0.29, 0.717) is 33.0 Å². The van der Waals surface area contributed by atoms with Gasteiger partial charge in [-0.15, -0.1) is 0 Å². The fourth-order valence-electron chi connectivity index (χ4n) is 4.14. The Morgan fingerprint density at radius 2 is 1.50 bits per heavy atom.